The number of piperidine rings is 1. The molecular formula is C12H13ClN6OS. The predicted octanol–water partition coefficient (Wildman–Crippen LogP) is 1.38. The van der Waals surface area contributed by atoms with Gasteiger partial charge in [0, 0.05) is 31.5 Å². The highest BCUT2D eigenvalue weighted by Gasteiger charge is 2.24. The number of anilines is 1. The Labute approximate surface area is 130 Å². The molecule has 0 spiro atoms. The zero-order chi connectivity index (χ0) is 14.7. The van der Waals surface area contributed by atoms with E-state index in [0.29, 0.717) is 12.5 Å². The standard InChI is InChI=1S/C12H13ClN6OS/c13-11-18-17-10(21-11)9(20)16-8-3-1-6-19(7-8)12-14-4-2-5-15-12/h2,4-5,8H,1,3,6-7H2,(H,16,20). The van der Waals surface area contributed by atoms with Crippen LogP contribution in [0, 0.1) is 0 Å². The van der Waals surface area contributed by atoms with E-state index in [1.54, 1.807) is 18.5 Å². The minimum Gasteiger partial charge on any atom is -0.345 e. The molecule has 0 aromatic carbocycles. The topological polar surface area (TPSA) is 83.9 Å². The molecule has 1 saturated heterocycles. The first-order valence-electron chi connectivity index (χ1n) is 6.54. The first-order chi connectivity index (χ1) is 10.2. The van der Waals surface area contributed by atoms with Crippen LogP contribution < -0.4 is 10.2 Å². The molecule has 110 valence electrons. The zero-order valence-electron chi connectivity index (χ0n) is 11.1. The van der Waals surface area contributed by atoms with E-state index in [1.807, 2.05) is 0 Å². The van der Waals surface area contributed by atoms with Crippen LogP contribution in [0.2, 0.25) is 4.47 Å². The minimum atomic E-state index is -0.236. The number of halogens is 1. The van der Waals surface area contributed by atoms with Crippen molar-refractivity contribution in [2.45, 2.75) is 18.9 Å². The van der Waals surface area contributed by atoms with Crippen LogP contribution in [0.1, 0.15) is 22.6 Å². The van der Waals surface area contributed by atoms with Gasteiger partial charge in [-0.05, 0) is 30.5 Å². The Morgan fingerprint density at radius 1 is 1.38 bits per heavy atom. The largest absolute Gasteiger partial charge is 0.345 e. The molecule has 0 bridgehead atoms. The summed E-state index contributed by atoms with van der Waals surface area (Å²) in [6, 6.07) is 1.82. The first kappa shape index (κ1) is 14.2. The second-order valence-electron chi connectivity index (χ2n) is 4.67. The Morgan fingerprint density at radius 2 is 2.19 bits per heavy atom. The Hall–Kier alpha value is -1.80. The maximum atomic E-state index is 12.1. The van der Waals surface area contributed by atoms with Crippen LogP contribution in [0.25, 0.3) is 0 Å². The molecule has 1 atom stereocenters. The van der Waals surface area contributed by atoms with E-state index >= 15 is 0 Å². The molecule has 3 rings (SSSR count). The van der Waals surface area contributed by atoms with E-state index in [4.69, 9.17) is 11.6 Å². The van der Waals surface area contributed by atoms with Gasteiger partial charge in [-0.15, -0.1) is 10.2 Å². The highest BCUT2D eigenvalue weighted by Crippen LogP contribution is 2.17. The summed E-state index contributed by atoms with van der Waals surface area (Å²) < 4.78 is 0.267. The van der Waals surface area contributed by atoms with Crippen LogP contribution in [0.5, 0.6) is 0 Å². The number of aromatic nitrogens is 4. The molecular weight excluding hydrogens is 312 g/mol. The average Bonchev–Trinajstić information content (AvgIpc) is 2.95. The van der Waals surface area contributed by atoms with Gasteiger partial charge in [0.25, 0.3) is 5.91 Å². The van der Waals surface area contributed by atoms with Crippen molar-refractivity contribution >= 4 is 34.8 Å². The molecule has 1 fully saturated rings. The van der Waals surface area contributed by atoms with Gasteiger partial charge in [0.2, 0.25) is 15.4 Å². The SMILES string of the molecule is O=C(NC1CCCN(c2ncccn2)C1)c1nnc(Cl)s1. The van der Waals surface area contributed by atoms with Crippen molar-refractivity contribution < 1.29 is 4.79 Å². The third kappa shape index (κ3) is 3.45. The van der Waals surface area contributed by atoms with Crippen LogP contribution in [-0.2, 0) is 0 Å². The smallest absolute Gasteiger partial charge is 0.282 e. The Balaban J connectivity index is 1.62. The molecule has 1 aliphatic rings. The Bertz CT molecular complexity index is 621. The van der Waals surface area contributed by atoms with Crippen molar-refractivity contribution in [2.24, 2.45) is 0 Å². The van der Waals surface area contributed by atoms with Gasteiger partial charge in [-0.1, -0.05) is 11.3 Å². The number of hydrogen-bond donors (Lipinski definition) is 1. The van der Waals surface area contributed by atoms with Crippen molar-refractivity contribution in [1.82, 2.24) is 25.5 Å². The second-order valence-corrected chi connectivity index (χ2v) is 6.23. The number of nitrogens with one attached hydrogen (secondary N) is 1. The molecule has 0 saturated carbocycles. The molecule has 21 heavy (non-hydrogen) atoms. The summed E-state index contributed by atoms with van der Waals surface area (Å²) >= 11 is 6.77. The van der Waals surface area contributed by atoms with E-state index in [-0.39, 0.29) is 21.4 Å². The summed E-state index contributed by atoms with van der Waals surface area (Å²) in [7, 11) is 0. The number of carbonyl (C=O) groups excluding carboxylic acids is 1. The molecule has 0 aliphatic carbocycles. The quantitative estimate of drug-likeness (QED) is 0.918. The summed E-state index contributed by atoms with van der Waals surface area (Å²) in [4.78, 5) is 22.6. The van der Waals surface area contributed by atoms with Crippen LogP contribution in [-0.4, -0.2) is 45.2 Å². The first-order valence-corrected chi connectivity index (χ1v) is 7.73. The van der Waals surface area contributed by atoms with Crippen LogP contribution in [0.15, 0.2) is 18.5 Å². The number of rotatable bonds is 3. The molecule has 7 nitrogen and oxygen atoms in total. The molecule has 1 amide bonds. The summed E-state index contributed by atoms with van der Waals surface area (Å²) in [6.07, 6.45) is 5.32. The summed E-state index contributed by atoms with van der Waals surface area (Å²) in [5.74, 6) is 0.454. The molecule has 2 aromatic rings. The van der Waals surface area contributed by atoms with Crippen molar-refractivity contribution in [1.29, 1.82) is 0 Å². The van der Waals surface area contributed by atoms with E-state index in [2.05, 4.69) is 30.4 Å². The lowest BCUT2D eigenvalue weighted by atomic mass is 10.1. The zero-order valence-corrected chi connectivity index (χ0v) is 12.6. The van der Waals surface area contributed by atoms with Crippen LogP contribution >= 0.6 is 22.9 Å². The molecule has 9 heteroatoms. The van der Waals surface area contributed by atoms with Gasteiger partial charge in [-0.2, -0.15) is 0 Å². The van der Waals surface area contributed by atoms with Gasteiger partial charge >= 0.3 is 0 Å². The number of hydrogen-bond acceptors (Lipinski definition) is 7. The lowest BCUT2D eigenvalue weighted by Crippen LogP contribution is -2.48. The highest BCUT2D eigenvalue weighted by atomic mass is 35.5. The number of nitrogens with zero attached hydrogens (tertiary/aromatic N) is 5. The molecule has 0 radical (unpaired) electrons. The molecule has 1 aliphatic heterocycles. The third-order valence-corrected chi connectivity index (χ3v) is 4.20. The van der Waals surface area contributed by atoms with Crippen molar-refractivity contribution in [3.8, 4) is 0 Å². The number of carbonyl (C=O) groups is 1. The second kappa shape index (κ2) is 6.31. The van der Waals surface area contributed by atoms with Crippen LogP contribution in [0.3, 0.4) is 0 Å². The average molecular weight is 325 g/mol. The maximum absolute atomic E-state index is 12.1. The summed E-state index contributed by atoms with van der Waals surface area (Å²) in [6.45, 7) is 1.57. The van der Waals surface area contributed by atoms with E-state index in [1.165, 1.54) is 0 Å². The fourth-order valence-electron chi connectivity index (χ4n) is 2.28. The third-order valence-electron chi connectivity index (χ3n) is 3.19. The highest BCUT2D eigenvalue weighted by molar-refractivity contribution is 7.17. The van der Waals surface area contributed by atoms with Crippen LogP contribution in [0.4, 0.5) is 5.95 Å². The normalized spacial score (nSPS) is 18.5. The molecule has 2 aromatic heterocycles. The van der Waals surface area contributed by atoms with Gasteiger partial charge in [-0.25, -0.2) is 9.97 Å². The molecule has 1 unspecified atom stereocenters. The molecule has 3 heterocycles. The van der Waals surface area contributed by atoms with E-state index in [0.717, 1.165) is 30.7 Å². The van der Waals surface area contributed by atoms with Gasteiger partial charge in [0.1, 0.15) is 0 Å². The van der Waals surface area contributed by atoms with Crippen molar-refractivity contribution in [3.63, 3.8) is 0 Å². The number of amides is 1. The van der Waals surface area contributed by atoms with E-state index in [9.17, 15) is 4.79 Å². The van der Waals surface area contributed by atoms with Gasteiger partial charge in [0.15, 0.2) is 0 Å². The summed E-state index contributed by atoms with van der Waals surface area (Å²) in [5.41, 5.74) is 0. The minimum absolute atomic E-state index is 0.0396. The maximum Gasteiger partial charge on any atom is 0.282 e. The van der Waals surface area contributed by atoms with Crippen molar-refractivity contribution in [3.05, 3.63) is 27.9 Å². The van der Waals surface area contributed by atoms with Crippen molar-refractivity contribution in [2.75, 3.05) is 18.0 Å². The Morgan fingerprint density at radius 3 is 2.90 bits per heavy atom. The van der Waals surface area contributed by atoms with E-state index < -0.39 is 0 Å². The lowest BCUT2D eigenvalue weighted by Gasteiger charge is -2.32. The Kier molecular flexibility index (Phi) is 4.26. The summed E-state index contributed by atoms with van der Waals surface area (Å²) in [5, 5.41) is 10.6. The van der Waals surface area contributed by atoms with Gasteiger partial charge in [-0.3, -0.25) is 4.79 Å². The van der Waals surface area contributed by atoms with Gasteiger partial charge in [0.05, 0.1) is 0 Å². The lowest BCUT2D eigenvalue weighted by molar-refractivity contribution is 0.0932. The fourth-order valence-corrected chi connectivity index (χ4v) is 3.01. The molecule has 1 N–H and O–H groups in total. The monoisotopic (exact) mass is 324 g/mol. The fraction of sp³-hybridized carbons (Fsp3) is 0.417. The van der Waals surface area contributed by atoms with Gasteiger partial charge < -0.3 is 10.2 Å². The predicted molar refractivity (Wildman–Crippen MR) is 79.7 cm³/mol.